The maximum absolute atomic E-state index is 12.2. The van der Waals surface area contributed by atoms with E-state index in [1.807, 2.05) is 0 Å². The minimum Gasteiger partial charge on any atom is -0.207 e. The zero-order chi connectivity index (χ0) is 13.6. The quantitative estimate of drug-likeness (QED) is 0.555. The van der Waals surface area contributed by atoms with Crippen LogP contribution in [0.5, 0.6) is 0 Å². The van der Waals surface area contributed by atoms with Crippen molar-refractivity contribution in [2.75, 3.05) is 19.5 Å². The van der Waals surface area contributed by atoms with Crippen molar-refractivity contribution in [3.05, 3.63) is 28.7 Å². The number of hydrogen-bond acceptors (Lipinski definition) is 2. The summed E-state index contributed by atoms with van der Waals surface area (Å²) in [5.41, 5.74) is 0. The van der Waals surface area contributed by atoms with E-state index in [1.54, 1.807) is 31.3 Å². The zero-order valence-electron chi connectivity index (χ0n) is 10.3. The molecule has 102 valence electrons. The molecule has 3 nitrogen and oxygen atoms in total. The third-order valence-electron chi connectivity index (χ3n) is 2.61. The number of hydrogen-bond donors (Lipinski definition) is 0. The lowest BCUT2D eigenvalue weighted by Crippen LogP contribution is -2.28. The smallest absolute Gasteiger partial charge is 0.207 e. The Balaban J connectivity index is 2.68. The summed E-state index contributed by atoms with van der Waals surface area (Å²) >= 11 is 8.86. The van der Waals surface area contributed by atoms with Crippen molar-refractivity contribution in [1.29, 1.82) is 0 Å². The van der Waals surface area contributed by atoms with Crippen molar-refractivity contribution < 1.29 is 8.42 Å². The summed E-state index contributed by atoms with van der Waals surface area (Å²) in [5, 5.41) is 0. The van der Waals surface area contributed by atoms with Gasteiger partial charge < -0.3 is 0 Å². The molecular weight excluding hydrogens is 338 g/mol. The lowest BCUT2D eigenvalue weighted by atomic mass is 10.2. The van der Waals surface area contributed by atoms with Gasteiger partial charge in [0.25, 0.3) is 0 Å². The van der Waals surface area contributed by atoms with Gasteiger partial charge >= 0.3 is 0 Å². The van der Waals surface area contributed by atoms with E-state index in [4.69, 9.17) is 11.6 Å². The van der Waals surface area contributed by atoms with Crippen LogP contribution in [-0.4, -0.2) is 32.2 Å². The maximum atomic E-state index is 12.2. The molecule has 0 saturated heterocycles. The Labute approximate surface area is 122 Å². The molecule has 0 atom stereocenters. The molecule has 0 aliphatic rings. The normalized spacial score (nSPS) is 12.0. The molecule has 0 spiro atoms. The lowest BCUT2D eigenvalue weighted by Gasteiger charge is -2.17. The average molecular weight is 355 g/mol. The number of sulfonamides is 1. The fraction of sp³-hybridized carbons (Fsp3) is 0.500. The van der Waals surface area contributed by atoms with Gasteiger partial charge in [0.1, 0.15) is 0 Å². The van der Waals surface area contributed by atoms with Crippen LogP contribution >= 0.6 is 27.5 Å². The molecule has 0 unspecified atom stereocenters. The first kappa shape index (κ1) is 16.0. The van der Waals surface area contributed by atoms with Crippen LogP contribution in [0.2, 0.25) is 0 Å². The first-order valence-electron chi connectivity index (χ1n) is 5.76. The Morgan fingerprint density at radius 1 is 1.28 bits per heavy atom. The van der Waals surface area contributed by atoms with Crippen LogP contribution in [0, 0.1) is 0 Å². The molecule has 1 rings (SSSR count). The summed E-state index contributed by atoms with van der Waals surface area (Å²) in [5.74, 6) is 0.627. The molecule has 6 heteroatoms. The van der Waals surface area contributed by atoms with Gasteiger partial charge in [-0.05, 0) is 31.0 Å². The van der Waals surface area contributed by atoms with E-state index < -0.39 is 10.0 Å². The molecule has 0 aromatic heterocycles. The van der Waals surface area contributed by atoms with Crippen LogP contribution in [0.1, 0.15) is 19.3 Å². The highest BCUT2D eigenvalue weighted by molar-refractivity contribution is 9.10. The standard InChI is InChI=1S/C12H17BrClNO2S/c1-15(9-4-2-3-8-14)18(16,17)12-7-5-6-11(13)10-12/h5-7,10H,2-4,8-9H2,1H3. The summed E-state index contributed by atoms with van der Waals surface area (Å²) in [6, 6.07) is 6.75. The van der Waals surface area contributed by atoms with Crippen molar-refractivity contribution in [2.24, 2.45) is 0 Å². The summed E-state index contributed by atoms with van der Waals surface area (Å²) in [4.78, 5) is 0.316. The van der Waals surface area contributed by atoms with Gasteiger partial charge in [0, 0.05) is 23.9 Å². The molecule has 0 heterocycles. The summed E-state index contributed by atoms with van der Waals surface area (Å²) < 4.78 is 26.6. The third-order valence-corrected chi connectivity index (χ3v) is 5.22. The van der Waals surface area contributed by atoms with E-state index in [0.29, 0.717) is 17.3 Å². The first-order chi connectivity index (χ1) is 8.48. The molecule has 0 N–H and O–H groups in total. The molecule has 0 aliphatic heterocycles. The Kier molecular flexibility index (Phi) is 6.63. The predicted octanol–water partition coefficient (Wildman–Crippen LogP) is 3.48. The second kappa shape index (κ2) is 7.48. The molecule has 1 aromatic carbocycles. The van der Waals surface area contributed by atoms with Gasteiger partial charge in [-0.25, -0.2) is 12.7 Å². The van der Waals surface area contributed by atoms with Crippen molar-refractivity contribution in [2.45, 2.75) is 24.2 Å². The summed E-state index contributed by atoms with van der Waals surface area (Å²) in [6.07, 6.45) is 2.70. The largest absolute Gasteiger partial charge is 0.242 e. The average Bonchev–Trinajstić information content (AvgIpc) is 2.34. The second-order valence-electron chi connectivity index (χ2n) is 4.03. The monoisotopic (exact) mass is 353 g/mol. The van der Waals surface area contributed by atoms with Gasteiger partial charge in [-0.3, -0.25) is 0 Å². The van der Waals surface area contributed by atoms with Crippen molar-refractivity contribution in [1.82, 2.24) is 4.31 Å². The molecule has 0 bridgehead atoms. The van der Waals surface area contributed by atoms with Crippen molar-refractivity contribution in [3.63, 3.8) is 0 Å². The number of benzene rings is 1. The van der Waals surface area contributed by atoms with Gasteiger partial charge in [0.2, 0.25) is 10.0 Å². The second-order valence-corrected chi connectivity index (χ2v) is 7.37. The molecule has 0 saturated carbocycles. The Bertz CT molecular complexity index is 479. The molecular formula is C12H17BrClNO2S. The zero-order valence-corrected chi connectivity index (χ0v) is 13.4. The van der Waals surface area contributed by atoms with Crippen molar-refractivity contribution in [3.8, 4) is 0 Å². The van der Waals surface area contributed by atoms with Crippen LogP contribution < -0.4 is 0 Å². The van der Waals surface area contributed by atoms with E-state index in [1.165, 1.54) is 4.31 Å². The minimum absolute atomic E-state index is 0.316. The van der Waals surface area contributed by atoms with Crippen LogP contribution in [0.3, 0.4) is 0 Å². The van der Waals surface area contributed by atoms with E-state index in [9.17, 15) is 8.42 Å². The molecule has 0 radical (unpaired) electrons. The van der Waals surface area contributed by atoms with Crippen molar-refractivity contribution >= 4 is 37.6 Å². The van der Waals surface area contributed by atoms with E-state index in [-0.39, 0.29) is 0 Å². The maximum Gasteiger partial charge on any atom is 0.242 e. The fourth-order valence-electron chi connectivity index (χ4n) is 1.53. The Hall–Kier alpha value is -0.100. The van der Waals surface area contributed by atoms with Crippen LogP contribution in [0.4, 0.5) is 0 Å². The molecule has 0 aliphatic carbocycles. The van der Waals surface area contributed by atoms with Crippen LogP contribution in [0.15, 0.2) is 33.6 Å². The van der Waals surface area contributed by atoms with Gasteiger partial charge in [0.15, 0.2) is 0 Å². The number of rotatable bonds is 7. The Morgan fingerprint density at radius 3 is 2.61 bits per heavy atom. The SMILES string of the molecule is CN(CCCCCCl)S(=O)(=O)c1cccc(Br)c1. The number of nitrogens with zero attached hydrogens (tertiary/aromatic N) is 1. The Morgan fingerprint density at radius 2 is 2.00 bits per heavy atom. The first-order valence-corrected chi connectivity index (χ1v) is 8.53. The van der Waals surface area contributed by atoms with E-state index >= 15 is 0 Å². The lowest BCUT2D eigenvalue weighted by molar-refractivity contribution is 0.454. The molecule has 0 fully saturated rings. The summed E-state index contributed by atoms with van der Waals surface area (Å²) in [7, 11) is -1.77. The highest BCUT2D eigenvalue weighted by Crippen LogP contribution is 2.19. The predicted molar refractivity (Wildman–Crippen MR) is 78.5 cm³/mol. The van der Waals surface area contributed by atoms with Gasteiger partial charge in [0.05, 0.1) is 4.90 Å². The molecule has 18 heavy (non-hydrogen) atoms. The van der Waals surface area contributed by atoms with Gasteiger partial charge in [-0.2, -0.15) is 0 Å². The highest BCUT2D eigenvalue weighted by Gasteiger charge is 2.20. The summed E-state index contributed by atoms with van der Waals surface area (Å²) in [6.45, 7) is 0.520. The molecule has 1 aromatic rings. The van der Waals surface area contributed by atoms with E-state index in [0.717, 1.165) is 23.7 Å². The highest BCUT2D eigenvalue weighted by atomic mass is 79.9. The molecule has 0 amide bonds. The van der Waals surface area contributed by atoms with Crippen LogP contribution in [0.25, 0.3) is 0 Å². The van der Waals surface area contributed by atoms with E-state index in [2.05, 4.69) is 15.9 Å². The number of unbranched alkanes of at least 4 members (excludes halogenated alkanes) is 2. The topological polar surface area (TPSA) is 37.4 Å². The minimum atomic E-state index is -3.38. The van der Waals surface area contributed by atoms with Gasteiger partial charge in [-0.1, -0.05) is 28.4 Å². The third kappa shape index (κ3) is 4.53. The van der Waals surface area contributed by atoms with Gasteiger partial charge in [-0.15, -0.1) is 11.6 Å². The van der Waals surface area contributed by atoms with Crippen LogP contribution in [-0.2, 0) is 10.0 Å². The fourth-order valence-corrected chi connectivity index (χ4v) is 3.53. The number of halogens is 2. The number of alkyl halides is 1.